The Kier molecular flexibility index (Phi) is 7.46. The molecule has 0 saturated heterocycles. The second kappa shape index (κ2) is 10.0. The maximum absolute atomic E-state index is 12.6. The molecule has 0 atom stereocenters. The van der Waals surface area contributed by atoms with Gasteiger partial charge in [-0.1, -0.05) is 18.2 Å². The fourth-order valence-corrected chi connectivity index (χ4v) is 2.48. The van der Waals surface area contributed by atoms with Crippen LogP contribution >= 0.6 is 0 Å². The van der Waals surface area contributed by atoms with E-state index in [4.69, 9.17) is 14.2 Å². The van der Waals surface area contributed by atoms with Crippen LogP contribution < -0.4 is 19.5 Å². The quantitative estimate of drug-likeness (QED) is 0.541. The van der Waals surface area contributed by atoms with E-state index in [1.165, 1.54) is 6.08 Å². The average Bonchev–Trinajstić information content (AvgIpc) is 2.68. The highest BCUT2D eigenvalue weighted by molar-refractivity contribution is 6.10. The Labute approximate surface area is 165 Å². The van der Waals surface area contributed by atoms with Crippen molar-refractivity contribution in [3.05, 3.63) is 53.6 Å². The lowest BCUT2D eigenvalue weighted by Gasteiger charge is -2.14. The molecule has 1 N–H and O–H groups in total. The van der Waals surface area contributed by atoms with Crippen LogP contribution in [-0.2, 0) is 4.79 Å². The lowest BCUT2D eigenvalue weighted by molar-refractivity contribution is -0.112. The molecule has 0 fully saturated rings. The number of ether oxygens (including phenoxy) is 3. The summed E-state index contributed by atoms with van der Waals surface area (Å²) in [5.74, 6) is 1.16. The van der Waals surface area contributed by atoms with Gasteiger partial charge in [0.15, 0.2) is 11.5 Å². The highest BCUT2D eigenvalue weighted by Gasteiger charge is 2.13. The van der Waals surface area contributed by atoms with Gasteiger partial charge < -0.3 is 19.5 Å². The Hall–Kier alpha value is -3.46. The lowest BCUT2D eigenvalue weighted by atomic mass is 10.1. The van der Waals surface area contributed by atoms with Gasteiger partial charge in [0.1, 0.15) is 17.4 Å². The molecule has 0 aromatic heterocycles. The number of carbonyl (C=O) groups excluding carboxylic acids is 1. The zero-order valence-corrected chi connectivity index (χ0v) is 16.5. The Morgan fingerprint density at radius 3 is 2.57 bits per heavy atom. The molecule has 6 nitrogen and oxygen atoms in total. The van der Waals surface area contributed by atoms with Crippen LogP contribution in [0.4, 0.5) is 5.69 Å². The molecule has 0 aliphatic heterocycles. The number of methoxy groups -OCH3 is 1. The van der Waals surface area contributed by atoms with Crippen LogP contribution in [0.1, 0.15) is 26.3 Å². The van der Waals surface area contributed by atoms with Gasteiger partial charge in [-0.2, -0.15) is 5.26 Å². The van der Waals surface area contributed by atoms with Crippen LogP contribution in [0.5, 0.6) is 17.2 Å². The van der Waals surface area contributed by atoms with Crippen molar-refractivity contribution in [1.82, 2.24) is 0 Å². The van der Waals surface area contributed by atoms with Crippen molar-refractivity contribution in [3.8, 4) is 23.3 Å². The summed E-state index contributed by atoms with van der Waals surface area (Å²) in [5, 5.41) is 12.2. The molecular weight excluding hydrogens is 356 g/mol. The van der Waals surface area contributed by atoms with E-state index in [2.05, 4.69) is 5.32 Å². The number of benzene rings is 2. The van der Waals surface area contributed by atoms with E-state index in [1.807, 2.05) is 32.9 Å². The number of hydrogen-bond donors (Lipinski definition) is 1. The monoisotopic (exact) mass is 380 g/mol. The third-order valence-corrected chi connectivity index (χ3v) is 3.66. The van der Waals surface area contributed by atoms with Crippen molar-refractivity contribution in [2.24, 2.45) is 0 Å². The number of anilines is 1. The summed E-state index contributed by atoms with van der Waals surface area (Å²) >= 11 is 0. The number of carbonyl (C=O) groups is 1. The van der Waals surface area contributed by atoms with E-state index in [9.17, 15) is 10.1 Å². The van der Waals surface area contributed by atoms with Crippen molar-refractivity contribution in [3.63, 3.8) is 0 Å². The van der Waals surface area contributed by atoms with Crippen LogP contribution in [0.3, 0.4) is 0 Å². The first-order valence-corrected chi connectivity index (χ1v) is 8.98. The second-order valence-corrected chi connectivity index (χ2v) is 6.13. The van der Waals surface area contributed by atoms with Crippen LogP contribution in [0, 0.1) is 11.3 Å². The smallest absolute Gasteiger partial charge is 0.266 e. The second-order valence-electron chi connectivity index (χ2n) is 6.13. The van der Waals surface area contributed by atoms with Crippen LogP contribution in [0.2, 0.25) is 0 Å². The number of nitrogens with one attached hydrogen (secondary N) is 1. The highest BCUT2D eigenvalue weighted by Crippen LogP contribution is 2.30. The molecule has 0 unspecified atom stereocenters. The number of para-hydroxylation sites is 2. The lowest BCUT2D eigenvalue weighted by Crippen LogP contribution is -2.14. The Morgan fingerprint density at radius 2 is 1.93 bits per heavy atom. The van der Waals surface area contributed by atoms with Crippen molar-refractivity contribution < 1.29 is 19.0 Å². The molecule has 2 rings (SSSR count). The molecule has 6 heteroatoms. The standard InChI is InChI=1S/C22H24N2O4/c1-5-27-19-9-7-6-8-18(19)24-22(25)17(14-23)12-16-10-11-20(28-15(2)3)21(13-16)26-4/h6-13,15H,5H2,1-4H3,(H,24,25). The minimum Gasteiger partial charge on any atom is -0.493 e. The minimum atomic E-state index is -0.517. The van der Waals surface area contributed by atoms with Crippen LogP contribution in [0.15, 0.2) is 48.0 Å². The Balaban J connectivity index is 2.26. The molecule has 1 amide bonds. The SMILES string of the molecule is CCOc1ccccc1NC(=O)C(C#N)=Cc1ccc(OC(C)C)c(OC)c1. The summed E-state index contributed by atoms with van der Waals surface area (Å²) in [4.78, 5) is 12.6. The topological polar surface area (TPSA) is 80.6 Å². The number of nitrogens with zero attached hydrogens (tertiary/aromatic N) is 1. The summed E-state index contributed by atoms with van der Waals surface area (Å²) in [5.41, 5.74) is 1.12. The van der Waals surface area contributed by atoms with Gasteiger partial charge in [-0.05, 0) is 56.7 Å². The normalized spacial score (nSPS) is 10.9. The first-order valence-electron chi connectivity index (χ1n) is 8.98. The first-order chi connectivity index (χ1) is 13.5. The van der Waals surface area contributed by atoms with E-state index in [0.717, 1.165) is 0 Å². The minimum absolute atomic E-state index is 0.00106. The van der Waals surface area contributed by atoms with Crippen LogP contribution in [-0.4, -0.2) is 25.7 Å². The Morgan fingerprint density at radius 1 is 1.18 bits per heavy atom. The molecule has 0 bridgehead atoms. The Bertz CT molecular complexity index is 898. The first kappa shape index (κ1) is 20.8. The molecule has 0 heterocycles. The number of nitriles is 1. The number of hydrogen-bond acceptors (Lipinski definition) is 5. The fourth-order valence-electron chi connectivity index (χ4n) is 2.48. The van der Waals surface area contributed by atoms with Crippen molar-refractivity contribution >= 4 is 17.7 Å². The highest BCUT2D eigenvalue weighted by atomic mass is 16.5. The maximum atomic E-state index is 12.6. The van der Waals surface area contributed by atoms with Gasteiger partial charge in [0.2, 0.25) is 0 Å². The molecular formula is C22H24N2O4. The molecule has 0 saturated carbocycles. The maximum Gasteiger partial charge on any atom is 0.266 e. The third kappa shape index (κ3) is 5.52. The van der Waals surface area contributed by atoms with Crippen molar-refractivity contribution in [1.29, 1.82) is 5.26 Å². The largest absolute Gasteiger partial charge is 0.493 e. The van der Waals surface area contributed by atoms with Crippen molar-refractivity contribution in [2.45, 2.75) is 26.9 Å². The summed E-state index contributed by atoms with van der Waals surface area (Å²) in [6, 6.07) is 14.3. The van der Waals surface area contributed by atoms with Crippen LogP contribution in [0.25, 0.3) is 6.08 Å². The van der Waals surface area contributed by atoms with E-state index in [-0.39, 0.29) is 11.7 Å². The summed E-state index contributed by atoms with van der Waals surface area (Å²) < 4.78 is 16.5. The van der Waals surface area contributed by atoms with Gasteiger partial charge in [0.05, 0.1) is 25.5 Å². The molecule has 146 valence electrons. The van der Waals surface area contributed by atoms with Gasteiger partial charge in [0.25, 0.3) is 5.91 Å². The van der Waals surface area contributed by atoms with Gasteiger partial charge in [-0.15, -0.1) is 0 Å². The predicted molar refractivity (Wildman–Crippen MR) is 109 cm³/mol. The van der Waals surface area contributed by atoms with Gasteiger partial charge in [0, 0.05) is 0 Å². The summed E-state index contributed by atoms with van der Waals surface area (Å²) in [7, 11) is 1.54. The number of rotatable bonds is 8. The van der Waals surface area contributed by atoms with Crippen molar-refractivity contribution in [2.75, 3.05) is 19.0 Å². The predicted octanol–water partition coefficient (Wildman–Crippen LogP) is 4.43. The fraction of sp³-hybridized carbons (Fsp3) is 0.273. The average molecular weight is 380 g/mol. The molecule has 2 aromatic carbocycles. The molecule has 28 heavy (non-hydrogen) atoms. The van der Waals surface area contributed by atoms with E-state index in [0.29, 0.717) is 35.1 Å². The van der Waals surface area contributed by atoms with E-state index >= 15 is 0 Å². The van der Waals surface area contributed by atoms with E-state index < -0.39 is 5.91 Å². The number of amides is 1. The zero-order chi connectivity index (χ0) is 20.5. The molecule has 0 spiro atoms. The molecule has 0 radical (unpaired) electrons. The zero-order valence-electron chi connectivity index (χ0n) is 16.5. The molecule has 0 aliphatic carbocycles. The van der Waals surface area contributed by atoms with E-state index in [1.54, 1.807) is 43.5 Å². The molecule has 2 aromatic rings. The third-order valence-electron chi connectivity index (χ3n) is 3.66. The summed E-state index contributed by atoms with van der Waals surface area (Å²) in [6.45, 7) is 6.18. The van der Waals surface area contributed by atoms with Gasteiger partial charge in [-0.25, -0.2) is 0 Å². The van der Waals surface area contributed by atoms with Gasteiger partial charge in [-0.3, -0.25) is 4.79 Å². The molecule has 0 aliphatic rings. The summed E-state index contributed by atoms with van der Waals surface area (Å²) in [6.07, 6.45) is 1.50. The van der Waals surface area contributed by atoms with Gasteiger partial charge >= 0.3 is 0 Å².